The molecule has 138 valence electrons. The molecule has 0 radical (unpaired) electrons. The number of nitriles is 1. The van der Waals surface area contributed by atoms with Crippen LogP contribution in [-0.4, -0.2) is 24.9 Å². The maximum atomic E-state index is 12.5. The van der Waals surface area contributed by atoms with Gasteiger partial charge in [-0.1, -0.05) is 32.0 Å². The molecule has 0 aliphatic carbocycles. The minimum Gasteiger partial charge on any atom is -0.331 e. The van der Waals surface area contributed by atoms with Gasteiger partial charge in [-0.2, -0.15) is 5.26 Å². The Morgan fingerprint density at radius 2 is 2.00 bits per heavy atom. The van der Waals surface area contributed by atoms with Crippen LogP contribution < -0.4 is 16.0 Å². The Bertz CT molecular complexity index is 741. The lowest BCUT2D eigenvalue weighted by Gasteiger charge is -2.21. The predicted molar refractivity (Wildman–Crippen MR) is 101 cm³/mol. The molecule has 0 saturated carbocycles. The Morgan fingerprint density at radius 1 is 1.31 bits per heavy atom. The van der Waals surface area contributed by atoms with E-state index in [4.69, 9.17) is 0 Å². The van der Waals surface area contributed by atoms with E-state index in [0.29, 0.717) is 0 Å². The van der Waals surface area contributed by atoms with E-state index in [-0.39, 0.29) is 23.3 Å². The molecule has 1 aromatic carbocycles. The van der Waals surface area contributed by atoms with Crippen molar-refractivity contribution in [3.8, 4) is 6.07 Å². The fourth-order valence-electron chi connectivity index (χ4n) is 3.02. The highest BCUT2D eigenvalue weighted by Gasteiger charge is 2.21. The maximum Gasteiger partial charge on any atom is 0.267 e. The molecule has 1 heterocycles. The van der Waals surface area contributed by atoms with Crippen LogP contribution in [0, 0.1) is 24.2 Å². The minimum atomic E-state index is -0.519. The summed E-state index contributed by atoms with van der Waals surface area (Å²) in [5.41, 5.74) is 2.54. The molecule has 2 rings (SSSR count). The summed E-state index contributed by atoms with van der Waals surface area (Å²) in [6.07, 6.45) is 2.73. The third-order valence-corrected chi connectivity index (χ3v) is 4.60. The smallest absolute Gasteiger partial charge is 0.267 e. The van der Waals surface area contributed by atoms with Crippen LogP contribution in [0.1, 0.15) is 43.7 Å². The molecular weight excluding hydrogens is 328 g/mol. The predicted octanol–water partition coefficient (Wildman–Crippen LogP) is 2.58. The van der Waals surface area contributed by atoms with Crippen molar-refractivity contribution < 1.29 is 9.59 Å². The Labute approximate surface area is 154 Å². The number of anilines is 1. The second-order valence-corrected chi connectivity index (χ2v) is 6.85. The third kappa shape index (κ3) is 4.93. The van der Waals surface area contributed by atoms with Crippen molar-refractivity contribution in [2.24, 2.45) is 5.92 Å². The van der Waals surface area contributed by atoms with Gasteiger partial charge in [0.2, 0.25) is 5.91 Å². The number of rotatable bonds is 5. The molecule has 26 heavy (non-hydrogen) atoms. The molecule has 1 aliphatic rings. The highest BCUT2D eigenvalue weighted by molar-refractivity contribution is 6.07. The van der Waals surface area contributed by atoms with Gasteiger partial charge in [0.15, 0.2) is 0 Å². The highest BCUT2D eigenvalue weighted by Crippen LogP contribution is 2.27. The van der Waals surface area contributed by atoms with Crippen LogP contribution in [0.15, 0.2) is 30.0 Å². The summed E-state index contributed by atoms with van der Waals surface area (Å²) in [5, 5.41) is 17.9. The number of para-hydroxylation sites is 1. The summed E-state index contributed by atoms with van der Waals surface area (Å²) >= 11 is 0. The van der Waals surface area contributed by atoms with Gasteiger partial charge < -0.3 is 16.0 Å². The van der Waals surface area contributed by atoms with Gasteiger partial charge in [0.05, 0.1) is 0 Å². The number of nitrogens with one attached hydrogen (secondary N) is 3. The van der Waals surface area contributed by atoms with E-state index in [1.165, 1.54) is 6.20 Å². The molecule has 0 bridgehead atoms. The normalized spacial score (nSPS) is 15.4. The van der Waals surface area contributed by atoms with Crippen molar-refractivity contribution in [2.75, 3.05) is 18.4 Å². The van der Waals surface area contributed by atoms with Crippen LogP contribution in [-0.2, 0) is 9.59 Å². The first-order valence-electron chi connectivity index (χ1n) is 8.96. The van der Waals surface area contributed by atoms with Crippen molar-refractivity contribution in [3.63, 3.8) is 0 Å². The van der Waals surface area contributed by atoms with Crippen molar-refractivity contribution in [1.29, 1.82) is 5.26 Å². The first kappa shape index (κ1) is 19.7. The van der Waals surface area contributed by atoms with Crippen LogP contribution in [0.25, 0.3) is 0 Å². The second kappa shape index (κ2) is 9.16. The summed E-state index contributed by atoms with van der Waals surface area (Å²) in [6, 6.07) is 7.69. The average molecular weight is 354 g/mol. The summed E-state index contributed by atoms with van der Waals surface area (Å²) in [4.78, 5) is 24.7. The third-order valence-electron chi connectivity index (χ3n) is 4.60. The van der Waals surface area contributed by atoms with Crippen molar-refractivity contribution >= 4 is 17.5 Å². The van der Waals surface area contributed by atoms with Gasteiger partial charge >= 0.3 is 0 Å². The minimum absolute atomic E-state index is 0.0839. The van der Waals surface area contributed by atoms with Gasteiger partial charge in [0.1, 0.15) is 11.6 Å². The number of nitrogens with zero attached hydrogens (tertiary/aromatic N) is 1. The van der Waals surface area contributed by atoms with Gasteiger partial charge in [-0.3, -0.25) is 9.59 Å². The molecular formula is C20H26N4O2. The van der Waals surface area contributed by atoms with E-state index in [1.807, 2.05) is 45.0 Å². The van der Waals surface area contributed by atoms with E-state index in [9.17, 15) is 14.9 Å². The van der Waals surface area contributed by atoms with Gasteiger partial charge in [0.25, 0.3) is 5.91 Å². The van der Waals surface area contributed by atoms with Crippen molar-refractivity contribution in [1.82, 2.24) is 10.6 Å². The summed E-state index contributed by atoms with van der Waals surface area (Å²) in [7, 11) is 0. The number of carbonyl (C=O) groups is 2. The Morgan fingerprint density at radius 3 is 2.62 bits per heavy atom. The molecule has 2 amide bonds. The molecule has 0 unspecified atom stereocenters. The molecule has 6 nitrogen and oxygen atoms in total. The van der Waals surface area contributed by atoms with E-state index in [1.54, 1.807) is 0 Å². The first-order valence-corrected chi connectivity index (χ1v) is 8.96. The quantitative estimate of drug-likeness (QED) is 0.559. The van der Waals surface area contributed by atoms with Gasteiger partial charge in [0, 0.05) is 17.8 Å². The number of piperidine rings is 1. The fraction of sp³-hybridized carbons (Fsp3) is 0.450. The molecule has 3 N–H and O–H groups in total. The van der Waals surface area contributed by atoms with Crippen LogP contribution in [0.4, 0.5) is 5.69 Å². The molecule has 1 saturated heterocycles. The van der Waals surface area contributed by atoms with Crippen molar-refractivity contribution in [2.45, 2.75) is 39.5 Å². The van der Waals surface area contributed by atoms with E-state index in [0.717, 1.165) is 42.7 Å². The van der Waals surface area contributed by atoms with Gasteiger partial charge in [-0.05, 0) is 49.9 Å². The molecule has 6 heteroatoms. The molecule has 1 fully saturated rings. The lowest BCUT2D eigenvalue weighted by molar-refractivity contribution is -0.124. The zero-order chi connectivity index (χ0) is 19.1. The molecule has 0 atom stereocenters. The fourth-order valence-corrected chi connectivity index (χ4v) is 3.02. The zero-order valence-electron chi connectivity index (χ0n) is 15.6. The van der Waals surface area contributed by atoms with Crippen molar-refractivity contribution in [3.05, 3.63) is 41.1 Å². The SMILES string of the molecule is Cc1cccc(C(C)C)c1NC(=O)/C(C#N)=C\NC(=O)C1CCNCC1. The number of hydrogen-bond acceptors (Lipinski definition) is 4. The summed E-state index contributed by atoms with van der Waals surface area (Å²) < 4.78 is 0. The first-order chi connectivity index (χ1) is 12.4. The summed E-state index contributed by atoms with van der Waals surface area (Å²) in [6.45, 7) is 7.61. The number of benzene rings is 1. The Kier molecular flexibility index (Phi) is 6.93. The van der Waals surface area contributed by atoms with Gasteiger partial charge in [-0.15, -0.1) is 0 Å². The van der Waals surface area contributed by atoms with E-state index < -0.39 is 5.91 Å². The average Bonchev–Trinajstić information content (AvgIpc) is 2.64. The number of aryl methyl sites for hydroxylation is 1. The Hall–Kier alpha value is -2.65. The van der Waals surface area contributed by atoms with E-state index >= 15 is 0 Å². The Balaban J connectivity index is 2.09. The largest absolute Gasteiger partial charge is 0.331 e. The van der Waals surface area contributed by atoms with Crippen LogP contribution >= 0.6 is 0 Å². The molecule has 0 aromatic heterocycles. The summed E-state index contributed by atoms with van der Waals surface area (Å²) in [5.74, 6) is -0.515. The highest BCUT2D eigenvalue weighted by atomic mass is 16.2. The zero-order valence-corrected chi connectivity index (χ0v) is 15.6. The number of carbonyl (C=O) groups excluding carboxylic acids is 2. The molecule has 1 aliphatic heterocycles. The van der Waals surface area contributed by atoms with Crippen LogP contribution in [0.5, 0.6) is 0 Å². The second-order valence-electron chi connectivity index (χ2n) is 6.85. The van der Waals surface area contributed by atoms with Crippen LogP contribution in [0.2, 0.25) is 0 Å². The lowest BCUT2D eigenvalue weighted by atomic mass is 9.97. The molecule has 0 spiro atoms. The number of amides is 2. The molecule has 1 aromatic rings. The van der Waals surface area contributed by atoms with Gasteiger partial charge in [-0.25, -0.2) is 0 Å². The lowest BCUT2D eigenvalue weighted by Crippen LogP contribution is -2.36. The maximum absolute atomic E-state index is 12.5. The van der Waals surface area contributed by atoms with Crippen LogP contribution in [0.3, 0.4) is 0 Å². The standard InChI is InChI=1S/C20H26N4O2/c1-13(2)17-6-4-5-14(3)18(17)24-20(26)16(11-21)12-23-19(25)15-7-9-22-10-8-15/h4-6,12-13,15,22H,7-10H2,1-3H3,(H,23,25)(H,24,26)/b16-12-. The monoisotopic (exact) mass is 354 g/mol. The topological polar surface area (TPSA) is 94.0 Å². The van der Waals surface area contributed by atoms with E-state index in [2.05, 4.69) is 16.0 Å². The number of hydrogen-bond donors (Lipinski definition) is 3.